The molecule has 0 saturated carbocycles. The predicted molar refractivity (Wildman–Crippen MR) is 150 cm³/mol. The molecule has 9 nitrogen and oxygen atoms in total. The summed E-state index contributed by atoms with van der Waals surface area (Å²) >= 11 is 1.08. The molecule has 2 aromatic carbocycles. The van der Waals surface area contributed by atoms with E-state index in [0.29, 0.717) is 27.0 Å². The molecule has 4 aromatic rings. The van der Waals surface area contributed by atoms with Gasteiger partial charge in [-0.25, -0.2) is 18.0 Å². The summed E-state index contributed by atoms with van der Waals surface area (Å²) in [5.41, 5.74) is 1.89. The monoisotopic (exact) mass is 586 g/mol. The van der Waals surface area contributed by atoms with Crippen LogP contribution in [0.2, 0.25) is 0 Å². The highest BCUT2D eigenvalue weighted by atomic mass is 32.1. The fourth-order valence-electron chi connectivity index (χ4n) is 4.85. The average molecular weight is 587 g/mol. The van der Waals surface area contributed by atoms with E-state index in [-0.39, 0.29) is 23.3 Å². The van der Waals surface area contributed by atoms with E-state index in [9.17, 15) is 18.4 Å². The number of ether oxygens (including phenoxy) is 1. The Balaban J connectivity index is 1.38. The summed E-state index contributed by atoms with van der Waals surface area (Å²) in [5, 5.41) is 15.7. The molecular formula is C28H29F3N6O3S. The number of fused-ring (bicyclic) bond motifs is 1. The molecule has 0 spiro atoms. The largest absolute Gasteiger partial charge is 0.465 e. The number of hydrogen-bond acceptors (Lipinski definition) is 8. The fourth-order valence-corrected chi connectivity index (χ4v) is 5.65. The van der Waals surface area contributed by atoms with Crippen LogP contribution in [0.4, 0.5) is 18.9 Å². The van der Waals surface area contributed by atoms with Crippen molar-refractivity contribution in [3.63, 3.8) is 0 Å². The van der Waals surface area contributed by atoms with Crippen molar-refractivity contribution in [2.24, 2.45) is 0 Å². The van der Waals surface area contributed by atoms with Gasteiger partial charge in [0, 0.05) is 22.7 Å². The molecule has 0 aliphatic carbocycles. The van der Waals surface area contributed by atoms with Gasteiger partial charge in [-0.1, -0.05) is 17.4 Å². The number of anilines is 1. The third kappa shape index (κ3) is 6.20. The van der Waals surface area contributed by atoms with Crippen molar-refractivity contribution in [2.45, 2.75) is 38.1 Å². The molecule has 1 aliphatic rings. The molecule has 216 valence electrons. The van der Waals surface area contributed by atoms with Gasteiger partial charge in [0.05, 0.1) is 30.4 Å². The normalized spacial score (nSPS) is 15.3. The van der Waals surface area contributed by atoms with E-state index in [1.807, 2.05) is 6.07 Å². The lowest BCUT2D eigenvalue weighted by molar-refractivity contribution is 0.0115. The number of rotatable bonds is 9. The first-order valence-electron chi connectivity index (χ1n) is 13.1. The van der Waals surface area contributed by atoms with Gasteiger partial charge in [-0.15, -0.1) is 10.2 Å². The van der Waals surface area contributed by atoms with E-state index in [1.165, 1.54) is 31.4 Å². The van der Waals surface area contributed by atoms with Gasteiger partial charge in [0.25, 0.3) is 12.3 Å². The number of aromatic nitrogens is 3. The summed E-state index contributed by atoms with van der Waals surface area (Å²) in [7, 11) is 3.34. The maximum atomic E-state index is 15.0. The highest BCUT2D eigenvalue weighted by Crippen LogP contribution is 2.38. The van der Waals surface area contributed by atoms with E-state index in [0.717, 1.165) is 47.5 Å². The minimum Gasteiger partial charge on any atom is -0.465 e. The molecule has 1 fully saturated rings. The molecule has 0 radical (unpaired) electrons. The number of hydrogen-bond donors (Lipinski definition) is 2. The van der Waals surface area contributed by atoms with Gasteiger partial charge in [0.2, 0.25) is 6.30 Å². The second kappa shape index (κ2) is 12.3. The van der Waals surface area contributed by atoms with Gasteiger partial charge < -0.3 is 24.8 Å². The van der Waals surface area contributed by atoms with Crippen molar-refractivity contribution >= 4 is 39.8 Å². The standard InChI is InChI=1S/C28H29F3N6O3S/c1-36-12-10-18(11-13-36)33-20-4-3-5-21-19(20)14-22(37(21)25(31)24(29)30)27-35-34-23(41-27)15-32-26(38)16-6-8-17(9-7-16)28(39)40-2/h3-9,14,18,24-25,33H,10-13,15H2,1-2H3,(H,32,38). The van der Waals surface area contributed by atoms with Crippen LogP contribution in [-0.4, -0.2) is 71.3 Å². The lowest BCUT2D eigenvalue weighted by Crippen LogP contribution is -2.36. The Morgan fingerprint density at radius 3 is 2.46 bits per heavy atom. The number of methoxy groups -OCH3 is 1. The minimum absolute atomic E-state index is 0.0202. The number of nitrogens with one attached hydrogen (secondary N) is 2. The van der Waals surface area contributed by atoms with Crippen molar-refractivity contribution in [1.29, 1.82) is 0 Å². The number of amides is 1. The van der Waals surface area contributed by atoms with Gasteiger partial charge in [-0.05, 0) is 75.4 Å². The zero-order valence-corrected chi connectivity index (χ0v) is 23.3. The summed E-state index contributed by atoms with van der Waals surface area (Å²) in [6.07, 6.45) is -3.96. The van der Waals surface area contributed by atoms with Crippen molar-refractivity contribution in [2.75, 3.05) is 32.6 Å². The summed E-state index contributed by atoms with van der Waals surface area (Å²) in [4.78, 5) is 26.4. The van der Waals surface area contributed by atoms with Crippen LogP contribution in [0, 0.1) is 0 Å². The van der Waals surface area contributed by atoms with Crippen LogP contribution in [0.25, 0.3) is 21.6 Å². The van der Waals surface area contributed by atoms with Crippen LogP contribution in [0.1, 0.15) is 44.9 Å². The Kier molecular flexibility index (Phi) is 8.54. The van der Waals surface area contributed by atoms with E-state index in [4.69, 9.17) is 0 Å². The molecule has 1 saturated heterocycles. The summed E-state index contributed by atoms with van der Waals surface area (Å²) in [6.45, 7) is 1.91. The van der Waals surface area contributed by atoms with Crippen LogP contribution in [0.5, 0.6) is 0 Å². The quantitative estimate of drug-likeness (QED) is 0.263. The molecule has 1 amide bonds. The maximum Gasteiger partial charge on any atom is 0.337 e. The average Bonchev–Trinajstić information content (AvgIpc) is 3.61. The predicted octanol–water partition coefficient (Wildman–Crippen LogP) is 5.12. The molecule has 5 rings (SSSR count). The smallest absolute Gasteiger partial charge is 0.337 e. The van der Waals surface area contributed by atoms with Crippen LogP contribution in [0.15, 0.2) is 48.5 Å². The van der Waals surface area contributed by atoms with Crippen molar-refractivity contribution in [3.05, 3.63) is 64.7 Å². The van der Waals surface area contributed by atoms with Gasteiger partial charge in [-0.3, -0.25) is 4.79 Å². The second-order valence-electron chi connectivity index (χ2n) is 9.82. The Bertz CT molecular complexity index is 1530. The molecule has 1 unspecified atom stereocenters. The summed E-state index contributed by atoms with van der Waals surface area (Å²) in [6, 6.07) is 13.0. The third-order valence-corrected chi connectivity index (χ3v) is 8.02. The highest BCUT2D eigenvalue weighted by molar-refractivity contribution is 7.14. The molecular weight excluding hydrogens is 557 g/mol. The van der Waals surface area contributed by atoms with Crippen LogP contribution < -0.4 is 10.6 Å². The van der Waals surface area contributed by atoms with Crippen LogP contribution >= 0.6 is 11.3 Å². The summed E-state index contributed by atoms with van der Waals surface area (Å²) < 4.78 is 48.0. The topological polar surface area (TPSA) is 101 Å². The third-order valence-electron chi connectivity index (χ3n) is 7.07. The zero-order chi connectivity index (χ0) is 29.1. The van der Waals surface area contributed by atoms with Gasteiger partial charge in [-0.2, -0.15) is 0 Å². The Hall–Kier alpha value is -3.97. The SMILES string of the molecule is COC(=O)c1ccc(C(=O)NCc2nnc(-c3cc4c(NC5CCN(C)CC5)cccc4n3C(F)C(F)F)s2)cc1. The van der Waals surface area contributed by atoms with E-state index in [1.54, 1.807) is 18.2 Å². The number of nitrogens with zero attached hydrogens (tertiary/aromatic N) is 4. The molecule has 13 heteroatoms. The molecule has 3 heterocycles. The first kappa shape index (κ1) is 28.6. The van der Waals surface area contributed by atoms with Crippen LogP contribution in [0.3, 0.4) is 0 Å². The first-order valence-corrected chi connectivity index (χ1v) is 13.9. The van der Waals surface area contributed by atoms with E-state index < -0.39 is 24.6 Å². The van der Waals surface area contributed by atoms with E-state index >= 15 is 4.39 Å². The number of piperidine rings is 1. The van der Waals surface area contributed by atoms with Gasteiger partial charge in [0.1, 0.15) is 5.01 Å². The number of likely N-dealkylation sites (tertiary alicyclic amines) is 1. The minimum atomic E-state index is -3.24. The van der Waals surface area contributed by atoms with Crippen LogP contribution in [-0.2, 0) is 11.3 Å². The van der Waals surface area contributed by atoms with Crippen molar-refractivity contribution in [1.82, 2.24) is 25.0 Å². The molecule has 1 aliphatic heterocycles. The van der Waals surface area contributed by atoms with Crippen molar-refractivity contribution < 1.29 is 27.5 Å². The molecule has 0 bridgehead atoms. The number of benzene rings is 2. The molecule has 2 aromatic heterocycles. The van der Waals surface area contributed by atoms with E-state index in [2.05, 4.69) is 37.5 Å². The first-order chi connectivity index (χ1) is 19.7. The Morgan fingerprint density at radius 1 is 1.07 bits per heavy atom. The number of halogens is 3. The number of esters is 1. The van der Waals surface area contributed by atoms with Crippen molar-refractivity contribution in [3.8, 4) is 10.7 Å². The lowest BCUT2D eigenvalue weighted by Gasteiger charge is -2.30. The maximum absolute atomic E-state index is 15.0. The number of alkyl halides is 3. The zero-order valence-electron chi connectivity index (χ0n) is 22.4. The molecule has 2 N–H and O–H groups in total. The van der Waals surface area contributed by atoms with Gasteiger partial charge >= 0.3 is 5.97 Å². The second-order valence-corrected chi connectivity index (χ2v) is 10.9. The molecule has 1 atom stereocenters. The lowest BCUT2D eigenvalue weighted by atomic mass is 10.0. The summed E-state index contributed by atoms with van der Waals surface area (Å²) in [5.74, 6) is -0.915. The fraction of sp³-hybridized carbons (Fsp3) is 0.357. The number of carbonyl (C=O) groups is 2. The Morgan fingerprint density at radius 2 is 1.78 bits per heavy atom. The van der Waals surface area contributed by atoms with Gasteiger partial charge in [0.15, 0.2) is 5.01 Å². The highest BCUT2D eigenvalue weighted by Gasteiger charge is 2.29. The number of carbonyl (C=O) groups excluding carboxylic acids is 2. The molecule has 41 heavy (non-hydrogen) atoms. The Labute approximate surface area is 238 Å².